The number of esters is 1. The van der Waals surface area contributed by atoms with Crippen molar-refractivity contribution in [3.63, 3.8) is 0 Å². The highest BCUT2D eigenvalue weighted by molar-refractivity contribution is 8.00. The summed E-state index contributed by atoms with van der Waals surface area (Å²) in [5.74, 6) is -4.40. The van der Waals surface area contributed by atoms with Gasteiger partial charge in [0.1, 0.15) is 23.8 Å². The molecule has 2 fully saturated rings. The number of aromatic nitrogens is 1. The van der Waals surface area contributed by atoms with Gasteiger partial charge in [0.05, 0.1) is 5.25 Å². The molecule has 2 heterocycles. The van der Waals surface area contributed by atoms with Gasteiger partial charge in [0.25, 0.3) is 0 Å². The lowest BCUT2D eigenvalue weighted by molar-refractivity contribution is -0.151. The molecule has 1 aromatic rings. The van der Waals surface area contributed by atoms with Gasteiger partial charge in [-0.1, -0.05) is 50.2 Å². The molecule has 0 aromatic carbocycles. The largest absolute Gasteiger partial charge is 0.480 e. The molecule has 0 unspecified atom stereocenters. The molecule has 4 aliphatic carbocycles. The summed E-state index contributed by atoms with van der Waals surface area (Å²) >= 11 is 1.44. The Kier molecular flexibility index (Phi) is 12.3. The molecule has 5 aliphatic rings. The fourth-order valence-electron chi connectivity index (χ4n) is 9.79. The van der Waals surface area contributed by atoms with Crippen molar-refractivity contribution in [1.29, 1.82) is 0 Å². The number of allylic oxidation sites excluding steroid dienone is 1. The molecule has 13 nitrogen and oxygen atoms in total. The molecule has 53 heavy (non-hydrogen) atoms. The Morgan fingerprint density at radius 1 is 0.925 bits per heavy atom. The molecule has 1 aliphatic heterocycles. The summed E-state index contributed by atoms with van der Waals surface area (Å²) in [6.07, 6.45) is 17.2. The number of hydrogen-bond acceptors (Lipinski definition) is 10. The normalized spacial score (nSPS) is 26.3. The number of nitrogens with two attached hydrogens (primary N) is 1. The van der Waals surface area contributed by atoms with Crippen LogP contribution in [0.3, 0.4) is 0 Å². The molecule has 2 spiro atoms. The zero-order valence-corrected chi connectivity index (χ0v) is 30.9. The summed E-state index contributed by atoms with van der Waals surface area (Å²) < 4.78 is 6.46. The van der Waals surface area contributed by atoms with Crippen LogP contribution in [0.4, 0.5) is 0 Å². The first-order chi connectivity index (χ1) is 25.4. The second kappa shape index (κ2) is 16.7. The van der Waals surface area contributed by atoms with E-state index in [1.165, 1.54) is 17.3 Å². The monoisotopic (exact) mass is 752 g/mol. The first-order valence-corrected chi connectivity index (χ1v) is 20.1. The number of aliphatic hydroxyl groups excluding tert-OH is 1. The predicted molar refractivity (Wildman–Crippen MR) is 196 cm³/mol. The van der Waals surface area contributed by atoms with Gasteiger partial charge in [0, 0.05) is 24.6 Å². The number of ether oxygens (including phenoxy) is 1. The Morgan fingerprint density at radius 3 is 2.11 bits per heavy atom. The number of pyridine rings is 1. The van der Waals surface area contributed by atoms with Crippen LogP contribution < -0.4 is 16.4 Å². The summed E-state index contributed by atoms with van der Waals surface area (Å²) in [6.45, 7) is 0. The molecule has 6 rings (SSSR count). The zero-order valence-electron chi connectivity index (χ0n) is 30.1. The maximum atomic E-state index is 14.1. The van der Waals surface area contributed by atoms with Gasteiger partial charge >= 0.3 is 17.9 Å². The number of hydrogen-bond donors (Lipinski definition) is 6. The number of fused-ring (bicyclic) bond motifs is 1. The number of amides is 2. The van der Waals surface area contributed by atoms with Crippen molar-refractivity contribution in [3.05, 3.63) is 53.1 Å². The molecule has 0 bridgehead atoms. The van der Waals surface area contributed by atoms with E-state index in [-0.39, 0.29) is 46.6 Å². The maximum Gasteiger partial charge on any atom is 0.353 e. The standard InChI is InChI=1S/C39H52N4O9S/c40-27(35(47)48)7-8-29(44)42-28(33(45)43-34(46)36(49)50)22-53-32-31-30-25(37(51)52-31)20-24(19-23-9-17-41-18-10-23)21-26(30)38(11-1-2-12-38)13-3-4-14-39(32)15-5-6-16-39/h9-10,17-18,20,25-28,32,34,46H,1-8,11-16,19,21-22,40H2,(H,42,44)(H,43,45)(H,47,48)(H,49,50)/t25-,26-,27+,28+,32+,34+/m1/s1. The highest BCUT2D eigenvalue weighted by atomic mass is 32.2. The molecule has 7 N–H and O–H groups in total. The predicted octanol–water partition coefficient (Wildman–Crippen LogP) is 3.99. The molecule has 0 saturated heterocycles. The summed E-state index contributed by atoms with van der Waals surface area (Å²) in [5.41, 5.74) is 8.90. The minimum absolute atomic E-state index is 0.000742. The average Bonchev–Trinajstić information content (AvgIpc) is 3.89. The smallest absolute Gasteiger partial charge is 0.353 e. The summed E-state index contributed by atoms with van der Waals surface area (Å²) in [4.78, 5) is 67.4. The van der Waals surface area contributed by atoms with Gasteiger partial charge in [0.2, 0.25) is 18.0 Å². The number of carboxylic acids is 2. The van der Waals surface area contributed by atoms with Crippen molar-refractivity contribution in [2.24, 2.45) is 28.4 Å². The van der Waals surface area contributed by atoms with Gasteiger partial charge in [0.15, 0.2) is 0 Å². The molecule has 14 heteroatoms. The van der Waals surface area contributed by atoms with Crippen molar-refractivity contribution >= 4 is 41.5 Å². The number of thioether (sulfide) groups is 1. The fourth-order valence-corrected chi connectivity index (χ4v) is 11.4. The molecule has 2 amide bonds. The molecule has 0 radical (unpaired) electrons. The average molecular weight is 753 g/mol. The number of carboxylic acid groups (broad SMARTS) is 2. The van der Waals surface area contributed by atoms with Crippen LogP contribution in [-0.4, -0.2) is 79.3 Å². The van der Waals surface area contributed by atoms with Gasteiger partial charge in [-0.05, 0) is 97.8 Å². The van der Waals surface area contributed by atoms with Crippen LogP contribution in [0.1, 0.15) is 102 Å². The van der Waals surface area contributed by atoms with E-state index >= 15 is 0 Å². The van der Waals surface area contributed by atoms with Crippen LogP contribution in [0, 0.1) is 22.7 Å². The number of rotatable bonds is 13. The molecule has 1 aromatic heterocycles. The first kappa shape index (κ1) is 39.0. The number of aliphatic carboxylic acids is 2. The van der Waals surface area contributed by atoms with Gasteiger partial charge < -0.3 is 36.4 Å². The molecular formula is C39H52N4O9S. The Balaban J connectivity index is 1.37. The zero-order chi connectivity index (χ0) is 37.8. The molecule has 2 saturated carbocycles. The number of nitrogens with one attached hydrogen (secondary N) is 2. The second-order valence-corrected chi connectivity index (χ2v) is 16.9. The van der Waals surface area contributed by atoms with Crippen molar-refractivity contribution in [1.82, 2.24) is 15.6 Å². The lowest BCUT2D eigenvalue weighted by Crippen LogP contribution is -2.53. The fraction of sp³-hybridized carbons (Fsp3) is 0.641. The topological polar surface area (TPSA) is 218 Å². The highest BCUT2D eigenvalue weighted by Crippen LogP contribution is 2.62. The van der Waals surface area contributed by atoms with E-state index in [0.29, 0.717) is 5.76 Å². The molecular weight excluding hydrogens is 701 g/mol. The third-order valence-electron chi connectivity index (χ3n) is 12.4. The van der Waals surface area contributed by atoms with Crippen molar-refractivity contribution in [2.45, 2.75) is 126 Å². The van der Waals surface area contributed by atoms with E-state index in [1.54, 1.807) is 12.4 Å². The van der Waals surface area contributed by atoms with Gasteiger partial charge in [-0.25, -0.2) is 4.79 Å². The van der Waals surface area contributed by atoms with Crippen molar-refractivity contribution in [3.8, 4) is 0 Å². The first-order valence-electron chi connectivity index (χ1n) is 19.1. The third-order valence-corrected chi connectivity index (χ3v) is 14.0. The Hall–Kier alpha value is -3.75. The Morgan fingerprint density at radius 2 is 1.53 bits per heavy atom. The van der Waals surface area contributed by atoms with Crippen LogP contribution in [0.15, 0.2) is 47.5 Å². The highest BCUT2D eigenvalue weighted by Gasteiger charge is 2.55. The number of carbonyl (C=O) groups excluding carboxylic acids is 3. The SMILES string of the molecule is N[C@@H](CCC(=O)N[C@@H](CS[C@H]1C2=C3[C@@H](C=C(Cc4ccncc4)C[C@H]3C3(CCCC3)CCCCC13CCCC3)C(=O)O2)C(=O)N[C@@H](O)C(=O)O)C(=O)O. The van der Waals surface area contributed by atoms with E-state index in [4.69, 9.17) is 10.5 Å². The van der Waals surface area contributed by atoms with Crippen LogP contribution in [0.25, 0.3) is 0 Å². The van der Waals surface area contributed by atoms with E-state index < -0.39 is 48.0 Å². The molecule has 6 atom stereocenters. The maximum absolute atomic E-state index is 14.1. The minimum atomic E-state index is -2.19. The van der Waals surface area contributed by atoms with Gasteiger partial charge in [-0.2, -0.15) is 0 Å². The number of nitrogens with zero attached hydrogens (tertiary/aromatic N) is 1. The van der Waals surface area contributed by atoms with Crippen LogP contribution >= 0.6 is 11.8 Å². The van der Waals surface area contributed by atoms with E-state index in [9.17, 15) is 39.3 Å². The Bertz CT molecular complexity index is 1620. The van der Waals surface area contributed by atoms with Crippen molar-refractivity contribution in [2.75, 3.05) is 5.75 Å². The molecule has 288 valence electrons. The van der Waals surface area contributed by atoms with Crippen LogP contribution in [0.5, 0.6) is 0 Å². The van der Waals surface area contributed by atoms with Crippen LogP contribution in [0.2, 0.25) is 0 Å². The van der Waals surface area contributed by atoms with Crippen LogP contribution in [-0.2, 0) is 35.1 Å². The summed E-state index contributed by atoms with van der Waals surface area (Å²) in [6, 6.07) is 1.48. The van der Waals surface area contributed by atoms with E-state index in [0.717, 1.165) is 101 Å². The lowest BCUT2D eigenvalue weighted by atomic mass is 9.59. The Labute approximate surface area is 314 Å². The van der Waals surface area contributed by atoms with Gasteiger partial charge in [-0.3, -0.25) is 24.2 Å². The van der Waals surface area contributed by atoms with E-state index in [2.05, 4.69) is 21.7 Å². The third kappa shape index (κ3) is 8.65. The quantitative estimate of drug-likeness (QED) is 0.0958. The summed E-state index contributed by atoms with van der Waals surface area (Å²) in [5, 5.41) is 32.8. The van der Waals surface area contributed by atoms with E-state index in [1.807, 2.05) is 12.1 Å². The minimum Gasteiger partial charge on any atom is -0.480 e. The van der Waals surface area contributed by atoms with Gasteiger partial charge in [-0.15, -0.1) is 11.8 Å². The number of aliphatic hydroxyl groups is 1. The number of carbonyl (C=O) groups is 5. The summed E-state index contributed by atoms with van der Waals surface area (Å²) in [7, 11) is 0. The second-order valence-electron chi connectivity index (χ2n) is 15.7. The van der Waals surface area contributed by atoms with Crippen molar-refractivity contribution < 1.29 is 44.0 Å². The lowest BCUT2D eigenvalue weighted by Gasteiger charge is -2.45.